The van der Waals surface area contributed by atoms with Crippen molar-refractivity contribution in [2.75, 3.05) is 6.54 Å². The number of nitrogens with two attached hydrogens (primary N) is 1. The number of aromatic amines is 1. The number of carbonyl (C=O) groups excluding carboxylic acids is 1. The van der Waals surface area contributed by atoms with E-state index in [1.54, 1.807) is 24.3 Å². The number of aromatic nitrogens is 3. The Morgan fingerprint density at radius 3 is 2.36 bits per heavy atom. The molecule has 0 saturated carbocycles. The third kappa shape index (κ3) is 5.65. The van der Waals surface area contributed by atoms with Crippen LogP contribution in [0.5, 0.6) is 0 Å². The topological polar surface area (TPSA) is 131 Å². The van der Waals surface area contributed by atoms with Gasteiger partial charge in [0.25, 0.3) is 5.91 Å². The normalized spacial score (nSPS) is 11.3. The lowest BCUT2D eigenvalue weighted by molar-refractivity contribution is 0.0954. The highest BCUT2D eigenvalue weighted by Gasteiger charge is 2.08. The molecule has 0 aliphatic heterocycles. The Bertz CT molecular complexity index is 1020. The van der Waals surface area contributed by atoms with E-state index in [1.807, 2.05) is 12.1 Å². The number of nitrogens with one attached hydrogen (secondary N) is 2. The number of hydrogen-bond donors (Lipinski definition) is 3. The highest BCUT2D eigenvalue weighted by molar-refractivity contribution is 7.98. The molecule has 8 nitrogen and oxygen atoms in total. The Morgan fingerprint density at radius 2 is 1.75 bits per heavy atom. The van der Waals surface area contributed by atoms with E-state index >= 15 is 0 Å². The molecular weight excluding hydrogens is 398 g/mol. The summed E-state index contributed by atoms with van der Waals surface area (Å²) in [4.78, 5) is 16.4. The summed E-state index contributed by atoms with van der Waals surface area (Å²) in [6.45, 7) is 0.441. The van der Waals surface area contributed by atoms with Crippen molar-refractivity contribution in [2.24, 2.45) is 5.14 Å². The average Bonchev–Trinajstić information content (AvgIpc) is 3.20. The molecule has 0 aliphatic rings. The molecule has 3 rings (SSSR count). The Balaban J connectivity index is 1.46. The van der Waals surface area contributed by atoms with E-state index < -0.39 is 10.0 Å². The van der Waals surface area contributed by atoms with E-state index in [1.165, 1.54) is 30.2 Å². The molecule has 0 unspecified atom stereocenters. The van der Waals surface area contributed by atoms with Crippen LogP contribution in [0.3, 0.4) is 0 Å². The van der Waals surface area contributed by atoms with Gasteiger partial charge in [0.1, 0.15) is 6.33 Å². The van der Waals surface area contributed by atoms with Gasteiger partial charge in [0.2, 0.25) is 10.0 Å². The fraction of sp³-hybridized carbons (Fsp3) is 0.167. The zero-order valence-corrected chi connectivity index (χ0v) is 16.5. The van der Waals surface area contributed by atoms with E-state index in [-0.39, 0.29) is 10.8 Å². The quantitative estimate of drug-likeness (QED) is 0.478. The number of carbonyl (C=O) groups is 1. The molecule has 1 aromatic heterocycles. The summed E-state index contributed by atoms with van der Waals surface area (Å²) < 4.78 is 22.5. The number of thioether (sulfide) groups is 1. The molecule has 0 saturated heterocycles. The second-order valence-corrected chi connectivity index (χ2v) is 8.50. The van der Waals surface area contributed by atoms with Crippen molar-refractivity contribution >= 4 is 27.7 Å². The second kappa shape index (κ2) is 9.00. The molecule has 0 spiro atoms. The number of hydrogen-bond acceptors (Lipinski definition) is 6. The van der Waals surface area contributed by atoms with Gasteiger partial charge in [-0.05, 0) is 41.8 Å². The maximum atomic E-state index is 12.2. The van der Waals surface area contributed by atoms with Crippen LogP contribution in [0.4, 0.5) is 0 Å². The summed E-state index contributed by atoms with van der Waals surface area (Å²) in [5, 5.41) is 15.3. The van der Waals surface area contributed by atoms with Crippen LogP contribution in [0.2, 0.25) is 0 Å². The molecule has 0 aliphatic carbocycles. The number of H-pyrrole nitrogens is 1. The lowest BCUT2D eigenvalue weighted by atomic mass is 10.1. The van der Waals surface area contributed by atoms with Crippen molar-refractivity contribution in [3.63, 3.8) is 0 Å². The number of amides is 1. The SMILES string of the molecule is NS(=O)(=O)c1ccc(CCNC(=O)c2ccc(CSc3ncn[nH]3)cc2)cc1. The van der Waals surface area contributed by atoms with Gasteiger partial charge in [0, 0.05) is 17.9 Å². The number of nitrogens with zero attached hydrogens (tertiary/aromatic N) is 2. The van der Waals surface area contributed by atoms with Gasteiger partial charge in [0.15, 0.2) is 5.16 Å². The molecule has 0 radical (unpaired) electrons. The van der Waals surface area contributed by atoms with Gasteiger partial charge >= 0.3 is 0 Å². The summed E-state index contributed by atoms with van der Waals surface area (Å²) in [7, 11) is -3.69. The van der Waals surface area contributed by atoms with E-state index in [0.717, 1.165) is 22.0 Å². The van der Waals surface area contributed by atoms with E-state index in [2.05, 4.69) is 20.5 Å². The first-order valence-corrected chi connectivity index (χ1v) is 10.9. The van der Waals surface area contributed by atoms with E-state index in [9.17, 15) is 13.2 Å². The Morgan fingerprint density at radius 1 is 1.07 bits per heavy atom. The lowest BCUT2D eigenvalue weighted by Crippen LogP contribution is -2.25. The van der Waals surface area contributed by atoms with Crippen LogP contribution in [0.15, 0.2) is 64.9 Å². The van der Waals surface area contributed by atoms with Crippen molar-refractivity contribution in [2.45, 2.75) is 22.2 Å². The molecule has 0 fully saturated rings. The minimum Gasteiger partial charge on any atom is -0.352 e. The predicted octanol–water partition coefficient (Wildman–Crippen LogP) is 1.72. The third-order valence-corrected chi connectivity index (χ3v) is 5.81. The second-order valence-electron chi connectivity index (χ2n) is 5.97. The Labute approximate surface area is 167 Å². The van der Waals surface area contributed by atoms with Crippen LogP contribution in [0, 0.1) is 0 Å². The predicted molar refractivity (Wildman–Crippen MR) is 106 cm³/mol. The van der Waals surface area contributed by atoms with Crippen LogP contribution >= 0.6 is 11.8 Å². The van der Waals surface area contributed by atoms with Gasteiger partial charge in [-0.3, -0.25) is 9.89 Å². The fourth-order valence-corrected chi connectivity index (χ4v) is 3.69. The largest absolute Gasteiger partial charge is 0.352 e. The molecule has 146 valence electrons. The van der Waals surface area contributed by atoms with Gasteiger partial charge < -0.3 is 5.32 Å². The summed E-state index contributed by atoms with van der Waals surface area (Å²) in [5.41, 5.74) is 2.57. The van der Waals surface area contributed by atoms with Gasteiger partial charge in [-0.25, -0.2) is 18.5 Å². The molecule has 4 N–H and O–H groups in total. The van der Waals surface area contributed by atoms with Gasteiger partial charge in [0.05, 0.1) is 4.90 Å². The summed E-state index contributed by atoms with van der Waals surface area (Å²) in [5.74, 6) is 0.571. The zero-order valence-electron chi connectivity index (χ0n) is 14.8. The molecule has 28 heavy (non-hydrogen) atoms. The number of benzene rings is 2. The fourth-order valence-electron chi connectivity index (χ4n) is 2.44. The standard InChI is InChI=1S/C18H19N5O3S2/c19-28(25,26)16-7-3-13(4-8-16)9-10-20-17(24)15-5-1-14(2-6-15)11-27-18-21-12-22-23-18/h1-8,12H,9-11H2,(H,20,24)(H2,19,25,26)(H,21,22,23). The maximum Gasteiger partial charge on any atom is 0.251 e. The summed E-state index contributed by atoms with van der Waals surface area (Å²) in [6.07, 6.45) is 2.05. The smallest absolute Gasteiger partial charge is 0.251 e. The van der Waals surface area contributed by atoms with Gasteiger partial charge in [-0.2, -0.15) is 5.10 Å². The lowest BCUT2D eigenvalue weighted by Gasteiger charge is -2.07. The highest BCUT2D eigenvalue weighted by Crippen LogP contribution is 2.18. The van der Waals surface area contributed by atoms with Crippen molar-refractivity contribution in [3.8, 4) is 0 Å². The summed E-state index contributed by atoms with van der Waals surface area (Å²) >= 11 is 1.53. The van der Waals surface area contributed by atoms with Crippen molar-refractivity contribution in [1.82, 2.24) is 20.5 Å². The zero-order chi connectivity index (χ0) is 20.0. The van der Waals surface area contributed by atoms with Crippen molar-refractivity contribution < 1.29 is 13.2 Å². The minimum absolute atomic E-state index is 0.0712. The Hall–Kier alpha value is -2.69. The monoisotopic (exact) mass is 417 g/mol. The average molecular weight is 418 g/mol. The molecule has 1 amide bonds. The summed E-state index contributed by atoms with van der Waals surface area (Å²) in [6, 6.07) is 13.7. The van der Waals surface area contributed by atoms with Crippen LogP contribution < -0.4 is 10.5 Å². The van der Waals surface area contributed by atoms with Crippen LogP contribution in [0.1, 0.15) is 21.5 Å². The van der Waals surface area contributed by atoms with Crippen LogP contribution in [-0.4, -0.2) is 36.1 Å². The Kier molecular flexibility index (Phi) is 6.45. The third-order valence-electron chi connectivity index (χ3n) is 3.94. The number of sulfonamides is 1. The van der Waals surface area contributed by atoms with Gasteiger partial charge in [-0.1, -0.05) is 36.0 Å². The molecule has 2 aromatic carbocycles. The first-order valence-electron chi connectivity index (χ1n) is 8.39. The first-order chi connectivity index (χ1) is 13.4. The van der Waals surface area contributed by atoms with Crippen LogP contribution in [-0.2, 0) is 22.2 Å². The first kappa shape index (κ1) is 20.1. The molecule has 0 atom stereocenters. The van der Waals surface area contributed by atoms with E-state index in [0.29, 0.717) is 18.5 Å². The van der Waals surface area contributed by atoms with Gasteiger partial charge in [-0.15, -0.1) is 0 Å². The van der Waals surface area contributed by atoms with Crippen LogP contribution in [0.25, 0.3) is 0 Å². The van der Waals surface area contributed by atoms with Crippen molar-refractivity contribution in [1.29, 1.82) is 0 Å². The molecular formula is C18H19N5O3S2. The minimum atomic E-state index is -3.69. The number of primary sulfonamides is 1. The maximum absolute atomic E-state index is 12.2. The molecule has 1 heterocycles. The van der Waals surface area contributed by atoms with Crippen molar-refractivity contribution in [3.05, 3.63) is 71.5 Å². The molecule has 3 aromatic rings. The molecule has 0 bridgehead atoms. The number of rotatable bonds is 8. The van der Waals surface area contributed by atoms with E-state index in [4.69, 9.17) is 5.14 Å². The molecule has 10 heteroatoms. The highest BCUT2D eigenvalue weighted by atomic mass is 32.2.